The summed E-state index contributed by atoms with van der Waals surface area (Å²) in [6.07, 6.45) is -1.08. The quantitative estimate of drug-likeness (QED) is 0.346. The third kappa shape index (κ3) is 5.89. The highest BCUT2D eigenvalue weighted by atomic mass is 35.6. The number of carbonyl (C=O) groups excluding carboxylic acids is 1. The topological polar surface area (TPSA) is 53.2 Å². The van der Waals surface area contributed by atoms with Crippen molar-refractivity contribution in [3.63, 3.8) is 0 Å². The fourth-order valence-electron chi connectivity index (χ4n) is 2.06. The molecule has 3 N–H and O–H groups in total. The molecule has 2 aromatic carbocycles. The van der Waals surface area contributed by atoms with Crippen LogP contribution in [0.25, 0.3) is 0 Å². The van der Waals surface area contributed by atoms with Gasteiger partial charge in [-0.3, -0.25) is 4.79 Å². The Balaban J connectivity index is 2.10. The van der Waals surface area contributed by atoms with Gasteiger partial charge in [0, 0.05) is 5.69 Å². The second-order valence-corrected chi connectivity index (χ2v) is 8.53. The number of rotatable bonds is 4. The first-order valence-corrected chi connectivity index (χ1v) is 9.36. The fourth-order valence-corrected chi connectivity index (χ4v) is 2.83. The lowest BCUT2D eigenvalue weighted by molar-refractivity contribution is 0.0934. The first-order chi connectivity index (χ1) is 12.2. The molecule has 1 unspecified atom stereocenters. The Hall–Kier alpha value is -1.24. The molecule has 0 saturated carbocycles. The van der Waals surface area contributed by atoms with E-state index >= 15 is 0 Å². The number of aryl methyl sites for hydroxylation is 1. The Bertz CT molecular complexity index is 811. The van der Waals surface area contributed by atoms with Gasteiger partial charge in [-0.1, -0.05) is 76.7 Å². The predicted octanol–water partition coefficient (Wildman–Crippen LogP) is 5.06. The van der Waals surface area contributed by atoms with Crippen LogP contribution in [0.3, 0.4) is 0 Å². The smallest absolute Gasteiger partial charge is 0.254 e. The Morgan fingerprint density at radius 3 is 2.27 bits per heavy atom. The molecule has 0 radical (unpaired) electrons. The molecule has 26 heavy (non-hydrogen) atoms. The van der Waals surface area contributed by atoms with Gasteiger partial charge in [0.2, 0.25) is 3.79 Å². The Morgan fingerprint density at radius 2 is 1.65 bits per heavy atom. The molecule has 1 atom stereocenters. The molecule has 2 aromatic rings. The highest BCUT2D eigenvalue weighted by molar-refractivity contribution is 7.80. The van der Waals surface area contributed by atoms with Crippen LogP contribution in [0.15, 0.2) is 48.5 Å². The van der Waals surface area contributed by atoms with Crippen molar-refractivity contribution in [3.8, 4) is 0 Å². The third-order valence-corrected chi connectivity index (χ3v) is 4.59. The molecule has 0 fully saturated rings. The summed E-state index contributed by atoms with van der Waals surface area (Å²) >= 11 is 29.2. The van der Waals surface area contributed by atoms with Gasteiger partial charge in [-0.25, -0.2) is 0 Å². The van der Waals surface area contributed by atoms with Crippen LogP contribution in [-0.2, 0) is 0 Å². The minimum Gasteiger partial charge on any atom is -0.339 e. The molecule has 0 aliphatic rings. The molecule has 0 saturated heterocycles. The van der Waals surface area contributed by atoms with E-state index in [0.29, 0.717) is 0 Å². The maximum absolute atomic E-state index is 12.4. The first kappa shape index (κ1) is 21.1. The summed E-state index contributed by atoms with van der Waals surface area (Å²) in [6.45, 7) is 1.93. The maximum atomic E-state index is 12.4. The monoisotopic (exact) mass is 449 g/mol. The van der Waals surface area contributed by atoms with E-state index in [9.17, 15) is 4.79 Å². The van der Waals surface area contributed by atoms with E-state index in [4.69, 9.17) is 58.6 Å². The summed E-state index contributed by atoms with van der Waals surface area (Å²) in [7, 11) is 0. The number of alkyl halides is 3. The number of carbonyl (C=O) groups is 1. The van der Waals surface area contributed by atoms with Crippen LogP contribution in [0.1, 0.15) is 15.9 Å². The maximum Gasteiger partial charge on any atom is 0.254 e. The van der Waals surface area contributed by atoms with Crippen molar-refractivity contribution in [3.05, 3.63) is 64.7 Å². The largest absolute Gasteiger partial charge is 0.339 e. The number of para-hydroxylation sites is 1. The zero-order valence-corrected chi connectivity index (χ0v) is 17.4. The number of nitrogens with one attached hydrogen (secondary N) is 3. The number of hydrogen-bond donors (Lipinski definition) is 3. The van der Waals surface area contributed by atoms with Crippen molar-refractivity contribution >= 4 is 75.3 Å². The summed E-state index contributed by atoms with van der Waals surface area (Å²) in [4.78, 5) is 12.4. The standard InChI is InChI=1S/C17H15Cl4N3OS/c1-10-6-2-5-9-13(10)22-16(26)24-15(17(19,20)21)23-14(25)11-7-3-4-8-12(11)18/h2-9,15H,1H3,(H,23,25)(H2,22,24,26). The minimum absolute atomic E-state index is 0.190. The van der Waals surface area contributed by atoms with Crippen LogP contribution in [0.2, 0.25) is 5.02 Å². The highest BCUT2D eigenvalue weighted by Crippen LogP contribution is 2.29. The van der Waals surface area contributed by atoms with Gasteiger partial charge in [0.15, 0.2) is 5.11 Å². The molecular formula is C17H15Cl4N3OS. The molecule has 0 heterocycles. The van der Waals surface area contributed by atoms with Crippen molar-refractivity contribution < 1.29 is 4.79 Å². The van der Waals surface area contributed by atoms with Crippen molar-refractivity contribution in [2.75, 3.05) is 5.32 Å². The molecule has 4 nitrogen and oxygen atoms in total. The van der Waals surface area contributed by atoms with E-state index in [2.05, 4.69) is 16.0 Å². The molecular weight excluding hydrogens is 436 g/mol. The van der Waals surface area contributed by atoms with Crippen LogP contribution in [0.4, 0.5) is 5.69 Å². The van der Waals surface area contributed by atoms with E-state index in [-0.39, 0.29) is 15.7 Å². The van der Waals surface area contributed by atoms with E-state index in [1.807, 2.05) is 31.2 Å². The van der Waals surface area contributed by atoms with Gasteiger partial charge in [0.1, 0.15) is 6.17 Å². The lowest BCUT2D eigenvalue weighted by atomic mass is 10.2. The van der Waals surface area contributed by atoms with Gasteiger partial charge in [-0.15, -0.1) is 0 Å². The summed E-state index contributed by atoms with van der Waals surface area (Å²) < 4.78 is -1.85. The highest BCUT2D eigenvalue weighted by Gasteiger charge is 2.35. The first-order valence-electron chi connectivity index (χ1n) is 7.43. The van der Waals surface area contributed by atoms with E-state index in [1.165, 1.54) is 0 Å². The molecule has 1 amide bonds. The van der Waals surface area contributed by atoms with Gasteiger partial charge in [0.25, 0.3) is 5.91 Å². The lowest BCUT2D eigenvalue weighted by Crippen LogP contribution is -2.56. The van der Waals surface area contributed by atoms with Crippen LogP contribution in [0, 0.1) is 6.92 Å². The molecule has 0 bridgehead atoms. The average Bonchev–Trinajstić information content (AvgIpc) is 2.56. The number of hydrogen-bond acceptors (Lipinski definition) is 2. The van der Waals surface area contributed by atoms with Crippen LogP contribution in [-0.4, -0.2) is 21.0 Å². The van der Waals surface area contributed by atoms with Crippen LogP contribution in [0.5, 0.6) is 0 Å². The van der Waals surface area contributed by atoms with Crippen molar-refractivity contribution in [1.82, 2.24) is 10.6 Å². The third-order valence-electron chi connectivity index (χ3n) is 3.39. The molecule has 138 valence electrons. The molecule has 0 aliphatic carbocycles. The van der Waals surface area contributed by atoms with Gasteiger partial charge >= 0.3 is 0 Å². The summed E-state index contributed by atoms with van der Waals surface area (Å²) in [5, 5.41) is 8.87. The zero-order valence-electron chi connectivity index (χ0n) is 13.5. The van der Waals surface area contributed by atoms with Gasteiger partial charge < -0.3 is 16.0 Å². The SMILES string of the molecule is Cc1ccccc1NC(=S)NC(NC(=O)c1ccccc1Cl)C(Cl)(Cl)Cl. The fraction of sp³-hybridized carbons (Fsp3) is 0.176. The van der Waals surface area contributed by atoms with Crippen molar-refractivity contribution in [2.24, 2.45) is 0 Å². The van der Waals surface area contributed by atoms with Gasteiger partial charge in [0.05, 0.1) is 10.6 Å². The van der Waals surface area contributed by atoms with Crippen LogP contribution < -0.4 is 16.0 Å². The predicted molar refractivity (Wildman–Crippen MR) is 114 cm³/mol. The second kappa shape index (κ2) is 9.11. The Morgan fingerprint density at radius 1 is 1.04 bits per heavy atom. The van der Waals surface area contributed by atoms with Gasteiger partial charge in [-0.05, 0) is 42.9 Å². The molecule has 0 aliphatic heterocycles. The summed E-state index contributed by atoms with van der Waals surface area (Å²) in [5.41, 5.74) is 2.04. The summed E-state index contributed by atoms with van der Waals surface area (Å²) in [6, 6.07) is 14.1. The van der Waals surface area contributed by atoms with Crippen LogP contribution >= 0.6 is 58.6 Å². The average molecular weight is 451 g/mol. The molecule has 9 heteroatoms. The minimum atomic E-state index is -1.85. The zero-order chi connectivity index (χ0) is 19.3. The molecule has 2 rings (SSSR count). The number of amides is 1. The number of thiocarbonyl (C=S) groups is 1. The Labute approximate surface area is 177 Å². The number of anilines is 1. The Kier molecular flexibility index (Phi) is 7.38. The van der Waals surface area contributed by atoms with Gasteiger partial charge in [-0.2, -0.15) is 0 Å². The molecule has 0 spiro atoms. The number of halogens is 4. The number of benzene rings is 2. The van der Waals surface area contributed by atoms with E-state index in [1.54, 1.807) is 24.3 Å². The normalized spacial score (nSPS) is 12.2. The van der Waals surface area contributed by atoms with E-state index in [0.717, 1.165) is 11.3 Å². The van der Waals surface area contributed by atoms with Crippen molar-refractivity contribution in [1.29, 1.82) is 0 Å². The van der Waals surface area contributed by atoms with E-state index < -0.39 is 15.9 Å². The summed E-state index contributed by atoms with van der Waals surface area (Å²) in [5.74, 6) is -0.502. The second-order valence-electron chi connectivity index (χ2n) is 5.34. The molecule has 0 aromatic heterocycles. The lowest BCUT2D eigenvalue weighted by Gasteiger charge is -2.28. The van der Waals surface area contributed by atoms with Crippen molar-refractivity contribution in [2.45, 2.75) is 16.9 Å².